The number of hydrogen-bond donors (Lipinski definition) is 0. The molecule has 0 nitrogen and oxygen atoms in total. The first kappa shape index (κ1) is 11.8. The first-order valence-corrected chi connectivity index (χ1v) is 3.88. The molecule has 0 aliphatic rings. The van der Waals surface area contributed by atoms with Gasteiger partial charge in [-0.15, -0.1) is 0 Å². The molecule has 0 aliphatic heterocycles. The zero-order valence-corrected chi connectivity index (χ0v) is 8.27. The summed E-state index contributed by atoms with van der Waals surface area (Å²) in [6.07, 6.45) is -5.63. The van der Waals surface area contributed by atoms with E-state index in [9.17, 15) is 26.3 Å². The fraction of sp³-hybridized carbons (Fsp3) is 1.00. The Bertz CT molecular complexity index is 129. The Morgan fingerprint density at radius 2 is 1.18 bits per heavy atom. The lowest BCUT2D eigenvalue weighted by molar-refractivity contribution is -0.229. The second-order valence-corrected chi connectivity index (χ2v) is 4.02. The average Bonchev–Trinajstić information content (AvgIpc) is 1.58. The highest BCUT2D eigenvalue weighted by Gasteiger charge is 2.69. The molecular formula is C3BrF6I. The van der Waals surface area contributed by atoms with Gasteiger partial charge in [0.05, 0.1) is 0 Å². The molecule has 1 unspecified atom stereocenters. The van der Waals surface area contributed by atoms with Crippen molar-refractivity contribution in [2.75, 3.05) is 0 Å². The molecular weight excluding hydrogens is 357 g/mol. The van der Waals surface area contributed by atoms with E-state index in [1.54, 1.807) is 0 Å². The van der Waals surface area contributed by atoms with Gasteiger partial charge in [0.15, 0.2) is 0 Å². The lowest BCUT2D eigenvalue weighted by Gasteiger charge is -2.25. The van der Waals surface area contributed by atoms with Crippen LogP contribution in [0.2, 0.25) is 0 Å². The molecule has 0 spiro atoms. The van der Waals surface area contributed by atoms with Gasteiger partial charge in [0.25, 0.3) is 0 Å². The summed E-state index contributed by atoms with van der Waals surface area (Å²) in [5.41, 5.74) is 0. The molecule has 0 aromatic carbocycles. The van der Waals surface area contributed by atoms with Crippen LogP contribution in [0, 0.1) is 0 Å². The molecule has 0 radical (unpaired) electrons. The van der Waals surface area contributed by atoms with Gasteiger partial charge in [0.2, 0.25) is 0 Å². The van der Waals surface area contributed by atoms with Gasteiger partial charge in [-0.2, -0.15) is 22.0 Å². The quantitative estimate of drug-likeness (QED) is 0.382. The van der Waals surface area contributed by atoms with Crippen molar-refractivity contribution in [2.45, 2.75) is 14.7 Å². The first-order valence-electron chi connectivity index (χ1n) is 2.01. The third kappa shape index (κ3) is 2.36. The van der Waals surface area contributed by atoms with Crippen molar-refractivity contribution in [2.24, 2.45) is 0 Å². The van der Waals surface area contributed by atoms with Crippen LogP contribution in [0.1, 0.15) is 0 Å². The van der Waals surface area contributed by atoms with Gasteiger partial charge < -0.3 is 0 Å². The average molecular weight is 357 g/mol. The summed E-state index contributed by atoms with van der Waals surface area (Å²) in [5, 5.41) is 0. The Kier molecular flexibility index (Phi) is 3.14. The van der Waals surface area contributed by atoms with E-state index in [1.165, 1.54) is 15.9 Å². The minimum absolute atomic E-state index is 0.0694. The molecule has 1 atom stereocenters. The number of halogens is 8. The lowest BCUT2D eigenvalue weighted by atomic mass is 10.4. The van der Waals surface area contributed by atoms with Gasteiger partial charge in [-0.3, -0.25) is 0 Å². The van der Waals surface area contributed by atoms with Gasteiger partial charge in [0.1, 0.15) is 0 Å². The Morgan fingerprint density at radius 1 is 0.909 bits per heavy atom. The molecule has 0 fully saturated rings. The fourth-order valence-corrected chi connectivity index (χ4v) is 0.467. The molecule has 68 valence electrons. The van der Waals surface area contributed by atoms with Gasteiger partial charge in [-0.25, -0.2) is 4.39 Å². The minimum atomic E-state index is -5.63. The molecule has 0 saturated heterocycles. The van der Waals surface area contributed by atoms with Crippen LogP contribution in [0.25, 0.3) is 0 Å². The monoisotopic (exact) mass is 356 g/mol. The standard InChI is InChI=1S/C3BrF6I/c4-1(5,2(6,7)8)3(9,10)11. The first-order chi connectivity index (χ1) is 4.50. The molecule has 0 N–H and O–H groups in total. The van der Waals surface area contributed by atoms with Crippen molar-refractivity contribution in [1.82, 2.24) is 0 Å². The summed E-state index contributed by atoms with van der Waals surface area (Å²) >= 11 is 1.34. The second kappa shape index (κ2) is 2.93. The third-order valence-electron chi connectivity index (χ3n) is 0.712. The van der Waals surface area contributed by atoms with Crippen LogP contribution >= 0.6 is 38.5 Å². The smallest absolute Gasteiger partial charge is 0.213 e. The predicted octanol–water partition coefficient (Wildman–Crippen LogP) is 3.64. The molecule has 0 saturated carbocycles. The normalized spacial score (nSPS) is 19.6. The molecule has 0 heterocycles. The van der Waals surface area contributed by atoms with Crippen molar-refractivity contribution >= 4 is 38.5 Å². The van der Waals surface area contributed by atoms with Crippen LogP contribution in [0.4, 0.5) is 26.3 Å². The summed E-state index contributed by atoms with van der Waals surface area (Å²) in [4.78, 5) is 0. The zero-order valence-electron chi connectivity index (χ0n) is 4.52. The van der Waals surface area contributed by atoms with E-state index in [0.29, 0.717) is 0 Å². The van der Waals surface area contributed by atoms with Crippen molar-refractivity contribution in [3.05, 3.63) is 0 Å². The molecule has 0 aromatic rings. The Hall–Kier alpha value is 0.790. The molecule has 0 amide bonds. The molecule has 0 aromatic heterocycles. The topological polar surface area (TPSA) is 0 Å². The predicted molar refractivity (Wildman–Crippen MR) is 37.8 cm³/mol. The summed E-state index contributed by atoms with van der Waals surface area (Å²) in [5.74, 6) is 0. The second-order valence-electron chi connectivity index (χ2n) is 1.57. The highest BCUT2D eigenvalue weighted by atomic mass is 127. The van der Waals surface area contributed by atoms with Gasteiger partial charge >= 0.3 is 14.7 Å². The van der Waals surface area contributed by atoms with E-state index in [4.69, 9.17) is 0 Å². The van der Waals surface area contributed by atoms with Crippen molar-refractivity contribution in [3.8, 4) is 0 Å². The Morgan fingerprint density at radius 3 is 1.18 bits per heavy atom. The number of hydrogen-bond acceptors (Lipinski definition) is 0. The van der Waals surface area contributed by atoms with E-state index < -0.39 is 14.7 Å². The molecule has 0 bridgehead atoms. The van der Waals surface area contributed by atoms with E-state index in [-0.39, 0.29) is 22.6 Å². The van der Waals surface area contributed by atoms with Gasteiger partial charge in [-0.05, 0) is 15.9 Å². The van der Waals surface area contributed by atoms with Gasteiger partial charge in [0, 0.05) is 22.6 Å². The summed E-state index contributed by atoms with van der Waals surface area (Å²) in [6, 6.07) is 0. The highest BCUT2D eigenvalue weighted by Crippen LogP contribution is 2.52. The van der Waals surface area contributed by atoms with E-state index in [2.05, 4.69) is 0 Å². The maximum absolute atomic E-state index is 12.1. The molecule has 11 heavy (non-hydrogen) atoms. The van der Waals surface area contributed by atoms with Crippen molar-refractivity contribution in [1.29, 1.82) is 0 Å². The summed E-state index contributed by atoms with van der Waals surface area (Å²) < 4.78 is 60.9. The van der Waals surface area contributed by atoms with Gasteiger partial charge in [-0.1, -0.05) is 0 Å². The van der Waals surface area contributed by atoms with E-state index >= 15 is 0 Å². The summed E-state index contributed by atoms with van der Waals surface area (Å²) in [7, 11) is 0. The fourth-order valence-electron chi connectivity index (χ4n) is 0.161. The maximum Gasteiger partial charge on any atom is 0.439 e. The number of rotatable bonds is 1. The minimum Gasteiger partial charge on any atom is -0.213 e. The van der Waals surface area contributed by atoms with E-state index in [1.807, 2.05) is 0 Å². The van der Waals surface area contributed by atoms with Crippen LogP contribution in [-0.4, -0.2) is 14.7 Å². The van der Waals surface area contributed by atoms with Crippen molar-refractivity contribution < 1.29 is 26.3 Å². The highest BCUT2D eigenvalue weighted by molar-refractivity contribution is 14.1. The summed E-state index contributed by atoms with van der Waals surface area (Å²) in [6.45, 7) is 0. The molecule has 8 heteroatoms. The van der Waals surface area contributed by atoms with Crippen LogP contribution in [0.5, 0.6) is 0 Å². The maximum atomic E-state index is 12.1. The SMILES string of the molecule is FC(F)(F)C(F)(Br)C(F)(F)I. The largest absolute Gasteiger partial charge is 0.439 e. The zero-order chi connectivity index (χ0) is 9.50. The van der Waals surface area contributed by atoms with Crippen LogP contribution in [0.15, 0.2) is 0 Å². The molecule has 0 rings (SSSR count). The third-order valence-corrected chi connectivity index (χ3v) is 3.14. The van der Waals surface area contributed by atoms with Crippen LogP contribution in [0.3, 0.4) is 0 Å². The van der Waals surface area contributed by atoms with Crippen LogP contribution < -0.4 is 0 Å². The Balaban J connectivity index is 4.75. The van der Waals surface area contributed by atoms with E-state index in [0.717, 1.165) is 0 Å². The van der Waals surface area contributed by atoms with Crippen molar-refractivity contribution in [3.63, 3.8) is 0 Å². The Labute approximate surface area is 79.6 Å². The van der Waals surface area contributed by atoms with Crippen LogP contribution in [-0.2, 0) is 0 Å². The number of alkyl halides is 8. The molecule has 0 aliphatic carbocycles. The lowest BCUT2D eigenvalue weighted by Crippen LogP contribution is -2.46.